The van der Waals surface area contributed by atoms with Crippen molar-refractivity contribution in [3.05, 3.63) is 28.2 Å². The Hall–Kier alpha value is -0.830. The van der Waals surface area contributed by atoms with E-state index in [0.29, 0.717) is 12.3 Å². The molecule has 0 atom stereocenters. The first-order chi connectivity index (χ1) is 7.65. The topological polar surface area (TPSA) is 29.1 Å². The van der Waals surface area contributed by atoms with Crippen LogP contribution in [0.15, 0.2) is 22.7 Å². The molecule has 1 aromatic carbocycles. The molecule has 0 bridgehead atoms. The van der Waals surface area contributed by atoms with Crippen LogP contribution in [-0.2, 0) is 4.79 Å². The van der Waals surface area contributed by atoms with Crippen LogP contribution in [0.1, 0.15) is 31.2 Å². The van der Waals surface area contributed by atoms with Gasteiger partial charge in [0.05, 0.1) is 0 Å². The summed E-state index contributed by atoms with van der Waals surface area (Å²) in [4.78, 5) is 11.7. The zero-order valence-electron chi connectivity index (χ0n) is 9.42. The van der Waals surface area contributed by atoms with E-state index in [9.17, 15) is 4.79 Å². The van der Waals surface area contributed by atoms with E-state index in [2.05, 4.69) is 21.2 Å². The highest BCUT2D eigenvalue weighted by atomic mass is 79.9. The minimum absolute atomic E-state index is 0.145. The quantitative estimate of drug-likeness (QED) is 0.895. The molecule has 1 N–H and O–H groups in total. The van der Waals surface area contributed by atoms with Gasteiger partial charge >= 0.3 is 0 Å². The van der Waals surface area contributed by atoms with Crippen molar-refractivity contribution in [3.63, 3.8) is 0 Å². The second-order valence-corrected chi connectivity index (χ2v) is 5.37. The Kier molecular flexibility index (Phi) is 3.64. The summed E-state index contributed by atoms with van der Waals surface area (Å²) < 4.78 is 1.07. The molecule has 0 heterocycles. The average Bonchev–Trinajstić information content (AvgIpc) is 2.18. The maximum atomic E-state index is 11.7. The Bertz CT molecular complexity index is 399. The Morgan fingerprint density at radius 2 is 2.25 bits per heavy atom. The number of rotatable bonds is 3. The van der Waals surface area contributed by atoms with Crippen molar-refractivity contribution in [2.75, 3.05) is 5.32 Å². The minimum atomic E-state index is 0.145. The molecule has 0 unspecified atom stereocenters. The van der Waals surface area contributed by atoms with Crippen molar-refractivity contribution < 1.29 is 4.79 Å². The number of aryl methyl sites for hydroxylation is 1. The second kappa shape index (κ2) is 5.00. The molecule has 16 heavy (non-hydrogen) atoms. The van der Waals surface area contributed by atoms with Crippen LogP contribution >= 0.6 is 15.9 Å². The van der Waals surface area contributed by atoms with Crippen LogP contribution in [0.4, 0.5) is 5.69 Å². The summed E-state index contributed by atoms with van der Waals surface area (Å²) in [6.07, 6.45) is 4.39. The van der Waals surface area contributed by atoms with E-state index < -0.39 is 0 Å². The van der Waals surface area contributed by atoms with Gasteiger partial charge in [-0.3, -0.25) is 4.79 Å². The van der Waals surface area contributed by atoms with E-state index >= 15 is 0 Å². The third kappa shape index (κ3) is 2.85. The summed E-state index contributed by atoms with van der Waals surface area (Å²) in [5.41, 5.74) is 2.03. The van der Waals surface area contributed by atoms with Crippen LogP contribution in [0.5, 0.6) is 0 Å². The molecule has 2 nitrogen and oxygen atoms in total. The summed E-state index contributed by atoms with van der Waals surface area (Å²) in [5, 5.41) is 2.95. The lowest BCUT2D eigenvalue weighted by molar-refractivity contribution is -0.117. The molecular weight excluding hydrogens is 266 g/mol. The molecule has 0 radical (unpaired) electrons. The molecule has 0 aromatic heterocycles. The summed E-state index contributed by atoms with van der Waals surface area (Å²) in [5.74, 6) is 0.767. The first-order valence-electron chi connectivity index (χ1n) is 5.71. The lowest BCUT2D eigenvalue weighted by Crippen LogP contribution is -2.20. The lowest BCUT2D eigenvalue weighted by atomic mass is 9.83. The number of halogens is 1. The summed E-state index contributed by atoms with van der Waals surface area (Å²) in [7, 11) is 0. The van der Waals surface area contributed by atoms with Crippen molar-refractivity contribution in [2.24, 2.45) is 5.92 Å². The molecular formula is C13H16BrNO. The number of carbonyl (C=O) groups excluding carboxylic acids is 1. The van der Waals surface area contributed by atoms with Crippen LogP contribution in [0.2, 0.25) is 0 Å². The van der Waals surface area contributed by atoms with E-state index in [1.807, 2.05) is 25.1 Å². The number of hydrogen-bond acceptors (Lipinski definition) is 1. The van der Waals surface area contributed by atoms with E-state index in [-0.39, 0.29) is 5.91 Å². The summed E-state index contributed by atoms with van der Waals surface area (Å²) in [6.45, 7) is 2.02. The van der Waals surface area contributed by atoms with E-state index in [1.165, 1.54) is 19.3 Å². The largest absolute Gasteiger partial charge is 0.326 e. The number of carbonyl (C=O) groups is 1. The first-order valence-corrected chi connectivity index (χ1v) is 6.50. The zero-order chi connectivity index (χ0) is 11.5. The predicted octanol–water partition coefficient (Wildman–Crippen LogP) is 3.89. The third-order valence-corrected chi connectivity index (χ3v) is 4.03. The minimum Gasteiger partial charge on any atom is -0.326 e. The van der Waals surface area contributed by atoms with Gasteiger partial charge in [0, 0.05) is 16.6 Å². The van der Waals surface area contributed by atoms with Gasteiger partial charge in [0.2, 0.25) is 5.91 Å². The Balaban J connectivity index is 1.92. The molecule has 0 aliphatic heterocycles. The maximum absolute atomic E-state index is 11.7. The van der Waals surface area contributed by atoms with E-state index in [1.54, 1.807) is 0 Å². The molecule has 1 aromatic rings. The highest BCUT2D eigenvalue weighted by molar-refractivity contribution is 9.10. The first kappa shape index (κ1) is 11.6. The van der Waals surface area contributed by atoms with Gasteiger partial charge in [-0.1, -0.05) is 22.4 Å². The number of hydrogen-bond donors (Lipinski definition) is 1. The molecule has 1 amide bonds. The van der Waals surface area contributed by atoms with E-state index in [4.69, 9.17) is 0 Å². The normalized spacial score (nSPS) is 15.6. The molecule has 1 saturated carbocycles. The summed E-state index contributed by atoms with van der Waals surface area (Å²) in [6, 6.07) is 5.88. The zero-order valence-corrected chi connectivity index (χ0v) is 11.0. The highest BCUT2D eigenvalue weighted by Crippen LogP contribution is 2.29. The number of benzene rings is 1. The lowest BCUT2D eigenvalue weighted by Gasteiger charge is -2.24. The van der Waals surface area contributed by atoms with Gasteiger partial charge in [-0.2, -0.15) is 0 Å². The fourth-order valence-corrected chi connectivity index (χ4v) is 2.14. The van der Waals surface area contributed by atoms with Crippen molar-refractivity contribution in [1.29, 1.82) is 0 Å². The maximum Gasteiger partial charge on any atom is 0.224 e. The molecule has 0 saturated heterocycles. The average molecular weight is 282 g/mol. The monoisotopic (exact) mass is 281 g/mol. The smallest absolute Gasteiger partial charge is 0.224 e. The molecule has 1 fully saturated rings. The Morgan fingerprint density at radius 1 is 1.50 bits per heavy atom. The van der Waals surface area contributed by atoms with Gasteiger partial charge in [-0.05, 0) is 49.4 Å². The van der Waals surface area contributed by atoms with Crippen LogP contribution < -0.4 is 5.32 Å². The SMILES string of the molecule is Cc1cc(NC(=O)CC2CCC2)ccc1Br. The number of amides is 1. The van der Waals surface area contributed by atoms with Crippen molar-refractivity contribution >= 4 is 27.5 Å². The van der Waals surface area contributed by atoms with Gasteiger partial charge in [-0.25, -0.2) is 0 Å². The van der Waals surface area contributed by atoms with Gasteiger partial charge in [0.25, 0.3) is 0 Å². The van der Waals surface area contributed by atoms with Crippen molar-refractivity contribution in [2.45, 2.75) is 32.6 Å². The molecule has 1 aliphatic rings. The molecule has 86 valence electrons. The predicted molar refractivity (Wildman–Crippen MR) is 69.5 cm³/mol. The highest BCUT2D eigenvalue weighted by Gasteiger charge is 2.20. The third-order valence-electron chi connectivity index (χ3n) is 3.14. The van der Waals surface area contributed by atoms with Gasteiger partial charge in [-0.15, -0.1) is 0 Å². The van der Waals surface area contributed by atoms with Gasteiger partial charge in [0.1, 0.15) is 0 Å². The van der Waals surface area contributed by atoms with Crippen LogP contribution in [0, 0.1) is 12.8 Å². The molecule has 0 spiro atoms. The molecule has 1 aliphatic carbocycles. The molecule has 2 rings (SSSR count). The van der Waals surface area contributed by atoms with Gasteiger partial charge in [0.15, 0.2) is 0 Å². The number of anilines is 1. The standard InChI is InChI=1S/C13H16BrNO/c1-9-7-11(5-6-12(9)14)15-13(16)8-10-3-2-4-10/h5-7,10H,2-4,8H2,1H3,(H,15,16). The van der Waals surface area contributed by atoms with Crippen LogP contribution in [0.3, 0.4) is 0 Å². The second-order valence-electron chi connectivity index (χ2n) is 4.51. The van der Waals surface area contributed by atoms with Crippen LogP contribution in [0.25, 0.3) is 0 Å². The Labute approximate surface area is 105 Å². The van der Waals surface area contributed by atoms with Gasteiger partial charge < -0.3 is 5.32 Å². The fourth-order valence-electron chi connectivity index (χ4n) is 1.89. The van der Waals surface area contributed by atoms with Crippen molar-refractivity contribution in [1.82, 2.24) is 0 Å². The molecule has 3 heteroatoms. The number of nitrogens with one attached hydrogen (secondary N) is 1. The Morgan fingerprint density at radius 3 is 2.81 bits per heavy atom. The fraction of sp³-hybridized carbons (Fsp3) is 0.462. The van der Waals surface area contributed by atoms with Crippen molar-refractivity contribution in [3.8, 4) is 0 Å². The van der Waals surface area contributed by atoms with E-state index in [0.717, 1.165) is 15.7 Å². The van der Waals surface area contributed by atoms with Crippen LogP contribution in [-0.4, -0.2) is 5.91 Å². The summed E-state index contributed by atoms with van der Waals surface area (Å²) >= 11 is 3.44.